The number of amides is 2. The summed E-state index contributed by atoms with van der Waals surface area (Å²) in [5.41, 5.74) is 1.15. The first kappa shape index (κ1) is 14.9. The number of nitrogens with zero attached hydrogens (tertiary/aromatic N) is 3. The molecule has 1 fully saturated rings. The first-order valence-electron chi connectivity index (χ1n) is 7.31. The van der Waals surface area contributed by atoms with Crippen LogP contribution in [0.5, 0.6) is 0 Å². The van der Waals surface area contributed by atoms with Gasteiger partial charge in [0.2, 0.25) is 0 Å². The maximum Gasteiger partial charge on any atom is 0.315 e. The summed E-state index contributed by atoms with van der Waals surface area (Å²) < 4.78 is 0. The minimum Gasteiger partial charge on any atom is -0.368 e. The van der Waals surface area contributed by atoms with Crippen LogP contribution in [-0.2, 0) is 9.59 Å². The van der Waals surface area contributed by atoms with Crippen molar-refractivity contribution >= 4 is 34.4 Å². The molecule has 1 aromatic carbocycles. The second-order valence-corrected chi connectivity index (χ2v) is 6.19. The summed E-state index contributed by atoms with van der Waals surface area (Å²) in [6.07, 6.45) is 0. The van der Waals surface area contributed by atoms with Gasteiger partial charge in [0.05, 0.1) is 6.54 Å². The molecule has 7 heteroatoms. The molecule has 2 aliphatic heterocycles. The number of piperazine rings is 1. The lowest BCUT2D eigenvalue weighted by molar-refractivity contribution is -0.145. The zero-order chi connectivity index (χ0) is 15.4. The van der Waals surface area contributed by atoms with Crippen molar-refractivity contribution in [2.75, 3.05) is 43.4 Å². The second kappa shape index (κ2) is 6.83. The van der Waals surface area contributed by atoms with E-state index in [2.05, 4.69) is 27.3 Å². The minimum absolute atomic E-state index is 0.470. The van der Waals surface area contributed by atoms with E-state index < -0.39 is 11.8 Å². The topological polar surface area (TPSA) is 65.0 Å². The third-order valence-electron chi connectivity index (χ3n) is 3.69. The Labute approximate surface area is 133 Å². The molecule has 1 saturated heterocycles. The van der Waals surface area contributed by atoms with E-state index in [1.165, 1.54) is 11.8 Å². The summed E-state index contributed by atoms with van der Waals surface area (Å²) in [5.74, 6) is -0.191. The fraction of sp³-hybridized carbons (Fsp3) is 0.400. The Morgan fingerprint density at radius 3 is 2.45 bits per heavy atom. The molecular formula is C15H18N4O2S. The summed E-state index contributed by atoms with van der Waals surface area (Å²) in [6, 6.07) is 10.1. The Hall–Kier alpha value is -2.02. The molecule has 0 radical (unpaired) electrons. The standard InChI is InChI=1S/C15H18N4O2S/c20-13(17-15-16-6-11-22-15)14(21)19-9-7-18(8-10-19)12-4-2-1-3-5-12/h1-5H,6-11H2,(H,16,17,20). The van der Waals surface area contributed by atoms with Gasteiger partial charge in [-0.15, -0.1) is 0 Å². The van der Waals surface area contributed by atoms with E-state index in [1.807, 2.05) is 18.2 Å². The Morgan fingerprint density at radius 1 is 1.09 bits per heavy atom. The lowest BCUT2D eigenvalue weighted by Gasteiger charge is -2.35. The van der Waals surface area contributed by atoms with Gasteiger partial charge in [0, 0.05) is 37.6 Å². The molecule has 116 valence electrons. The van der Waals surface area contributed by atoms with E-state index in [0.29, 0.717) is 24.8 Å². The van der Waals surface area contributed by atoms with Crippen LogP contribution in [0.1, 0.15) is 0 Å². The highest BCUT2D eigenvalue weighted by molar-refractivity contribution is 8.14. The largest absolute Gasteiger partial charge is 0.368 e. The van der Waals surface area contributed by atoms with Gasteiger partial charge in [0.1, 0.15) is 0 Å². The second-order valence-electron chi connectivity index (χ2n) is 5.10. The van der Waals surface area contributed by atoms with Gasteiger partial charge in [-0.3, -0.25) is 19.9 Å². The van der Waals surface area contributed by atoms with Gasteiger partial charge in [-0.1, -0.05) is 30.0 Å². The highest BCUT2D eigenvalue weighted by atomic mass is 32.2. The van der Waals surface area contributed by atoms with Crippen molar-refractivity contribution in [1.82, 2.24) is 10.2 Å². The molecule has 2 aliphatic rings. The fourth-order valence-electron chi connectivity index (χ4n) is 2.51. The number of anilines is 1. The van der Waals surface area contributed by atoms with Crippen LogP contribution in [0, 0.1) is 0 Å². The molecule has 1 N–H and O–H groups in total. The van der Waals surface area contributed by atoms with Crippen LogP contribution >= 0.6 is 11.8 Å². The Bertz CT molecular complexity index is 582. The molecule has 0 atom stereocenters. The third-order valence-corrected chi connectivity index (χ3v) is 4.58. The van der Waals surface area contributed by atoms with Crippen LogP contribution in [0.25, 0.3) is 0 Å². The van der Waals surface area contributed by atoms with Crippen molar-refractivity contribution in [2.24, 2.45) is 4.99 Å². The molecule has 6 nitrogen and oxygen atoms in total. The van der Waals surface area contributed by atoms with Gasteiger partial charge in [0.25, 0.3) is 0 Å². The molecule has 2 heterocycles. The number of carbonyl (C=O) groups is 2. The summed E-state index contributed by atoms with van der Waals surface area (Å²) >= 11 is 1.47. The molecule has 0 spiro atoms. The molecule has 0 aliphatic carbocycles. The molecular weight excluding hydrogens is 300 g/mol. The molecule has 1 aromatic rings. The number of nitrogens with one attached hydrogen (secondary N) is 1. The fourth-order valence-corrected chi connectivity index (χ4v) is 3.23. The lowest BCUT2D eigenvalue weighted by Crippen LogP contribution is -2.53. The van der Waals surface area contributed by atoms with Gasteiger partial charge >= 0.3 is 11.8 Å². The summed E-state index contributed by atoms with van der Waals surface area (Å²) in [6.45, 7) is 3.28. The molecule has 22 heavy (non-hydrogen) atoms. The van der Waals surface area contributed by atoms with E-state index in [0.717, 1.165) is 24.5 Å². The normalized spacial score (nSPS) is 18.1. The van der Waals surface area contributed by atoms with E-state index in [-0.39, 0.29) is 0 Å². The predicted octanol–water partition coefficient (Wildman–Crippen LogP) is 0.554. The number of thioether (sulfide) groups is 1. The molecule has 2 amide bonds. The average molecular weight is 318 g/mol. The van der Waals surface area contributed by atoms with Crippen molar-refractivity contribution in [1.29, 1.82) is 0 Å². The first-order valence-corrected chi connectivity index (χ1v) is 8.30. The average Bonchev–Trinajstić information content (AvgIpc) is 3.08. The van der Waals surface area contributed by atoms with E-state index in [9.17, 15) is 9.59 Å². The molecule has 0 unspecified atom stereocenters. The van der Waals surface area contributed by atoms with Crippen molar-refractivity contribution in [3.05, 3.63) is 30.3 Å². The van der Waals surface area contributed by atoms with Gasteiger partial charge in [0.15, 0.2) is 5.17 Å². The Balaban J connectivity index is 1.52. The zero-order valence-electron chi connectivity index (χ0n) is 12.2. The number of aliphatic imine (C=N–C) groups is 1. The van der Waals surface area contributed by atoms with Crippen molar-refractivity contribution in [3.63, 3.8) is 0 Å². The highest BCUT2D eigenvalue weighted by Gasteiger charge is 2.27. The van der Waals surface area contributed by atoms with Crippen molar-refractivity contribution in [3.8, 4) is 0 Å². The van der Waals surface area contributed by atoms with Gasteiger partial charge in [-0.2, -0.15) is 0 Å². The SMILES string of the molecule is O=C(NC1=NCCS1)C(=O)N1CCN(c2ccccc2)CC1. The number of carbonyl (C=O) groups excluding carboxylic acids is 2. The maximum absolute atomic E-state index is 12.2. The summed E-state index contributed by atoms with van der Waals surface area (Å²) in [5, 5.41) is 3.14. The number of para-hydroxylation sites is 1. The number of hydrogen-bond acceptors (Lipinski definition) is 5. The van der Waals surface area contributed by atoms with E-state index in [4.69, 9.17) is 0 Å². The van der Waals surface area contributed by atoms with Gasteiger partial charge in [-0.25, -0.2) is 0 Å². The summed E-state index contributed by atoms with van der Waals surface area (Å²) in [7, 11) is 0. The van der Waals surface area contributed by atoms with Gasteiger partial charge < -0.3 is 9.80 Å². The minimum atomic E-state index is -0.582. The van der Waals surface area contributed by atoms with E-state index >= 15 is 0 Å². The monoisotopic (exact) mass is 318 g/mol. The Morgan fingerprint density at radius 2 is 1.82 bits per heavy atom. The number of rotatable bonds is 1. The quantitative estimate of drug-likeness (QED) is 0.768. The third kappa shape index (κ3) is 3.41. The molecule has 0 saturated carbocycles. The van der Waals surface area contributed by atoms with Gasteiger partial charge in [-0.05, 0) is 12.1 Å². The number of amidine groups is 1. The lowest BCUT2D eigenvalue weighted by atomic mass is 10.2. The highest BCUT2D eigenvalue weighted by Crippen LogP contribution is 2.15. The molecule has 0 aromatic heterocycles. The Kier molecular flexibility index (Phi) is 4.62. The number of benzene rings is 1. The van der Waals surface area contributed by atoms with Crippen molar-refractivity contribution < 1.29 is 9.59 Å². The predicted molar refractivity (Wildman–Crippen MR) is 88.1 cm³/mol. The van der Waals surface area contributed by atoms with Crippen LogP contribution in [0.2, 0.25) is 0 Å². The maximum atomic E-state index is 12.2. The van der Waals surface area contributed by atoms with Crippen LogP contribution < -0.4 is 10.2 Å². The van der Waals surface area contributed by atoms with Crippen molar-refractivity contribution in [2.45, 2.75) is 0 Å². The number of hydrogen-bond donors (Lipinski definition) is 1. The zero-order valence-corrected chi connectivity index (χ0v) is 13.0. The summed E-state index contributed by atoms with van der Waals surface area (Å²) in [4.78, 5) is 32.1. The first-order chi connectivity index (χ1) is 10.7. The van der Waals surface area contributed by atoms with E-state index in [1.54, 1.807) is 4.90 Å². The van der Waals surface area contributed by atoms with Crippen LogP contribution in [0.3, 0.4) is 0 Å². The van der Waals surface area contributed by atoms with Crippen LogP contribution in [-0.4, -0.2) is 60.4 Å². The van der Waals surface area contributed by atoms with Crippen LogP contribution in [0.15, 0.2) is 35.3 Å². The molecule has 3 rings (SSSR count). The van der Waals surface area contributed by atoms with Crippen LogP contribution in [0.4, 0.5) is 5.69 Å². The molecule has 0 bridgehead atoms. The smallest absolute Gasteiger partial charge is 0.315 e.